The van der Waals surface area contributed by atoms with Crippen LogP contribution in [0.2, 0.25) is 5.02 Å². The van der Waals surface area contributed by atoms with Gasteiger partial charge >= 0.3 is 0 Å². The molecule has 0 fully saturated rings. The molecule has 0 heterocycles. The number of hydrogen-bond donors (Lipinski definition) is 2. The fourth-order valence-corrected chi connectivity index (χ4v) is 2.61. The highest BCUT2D eigenvalue weighted by Crippen LogP contribution is 2.24. The average Bonchev–Trinajstić information content (AvgIpc) is 2.48. The number of anilines is 1. The lowest BCUT2D eigenvalue weighted by Crippen LogP contribution is -2.13. The van der Waals surface area contributed by atoms with Gasteiger partial charge in [0.05, 0.1) is 10.6 Å². The highest BCUT2D eigenvalue weighted by molar-refractivity contribution is 7.98. The third-order valence-electron chi connectivity index (χ3n) is 2.98. The van der Waals surface area contributed by atoms with Crippen LogP contribution in [0.1, 0.15) is 15.9 Å². The molecular weight excluding hydrogens is 304 g/mol. The van der Waals surface area contributed by atoms with Gasteiger partial charge in [-0.1, -0.05) is 23.7 Å². The summed E-state index contributed by atoms with van der Waals surface area (Å²) in [4.78, 5) is 13.4. The van der Waals surface area contributed by atoms with E-state index in [0.717, 1.165) is 22.7 Å². The summed E-state index contributed by atoms with van der Waals surface area (Å²) in [5.41, 5.74) is 2.36. The van der Waals surface area contributed by atoms with Crippen LogP contribution in [0.15, 0.2) is 47.4 Å². The maximum absolute atomic E-state index is 12.4. The first-order valence-corrected chi connectivity index (χ1v) is 8.12. The number of thioether (sulfide) groups is 1. The molecule has 1 amide bonds. The van der Waals surface area contributed by atoms with Crippen molar-refractivity contribution in [2.45, 2.75) is 11.4 Å². The van der Waals surface area contributed by atoms with Crippen LogP contribution < -0.4 is 10.6 Å². The zero-order valence-corrected chi connectivity index (χ0v) is 13.5. The van der Waals surface area contributed by atoms with Crippen molar-refractivity contribution in [2.24, 2.45) is 0 Å². The van der Waals surface area contributed by atoms with Crippen LogP contribution in [0.5, 0.6) is 0 Å². The van der Waals surface area contributed by atoms with Crippen molar-refractivity contribution in [3.8, 4) is 0 Å². The van der Waals surface area contributed by atoms with E-state index in [1.165, 1.54) is 0 Å². The van der Waals surface area contributed by atoms with Gasteiger partial charge in [0.2, 0.25) is 0 Å². The highest BCUT2D eigenvalue weighted by Gasteiger charge is 2.11. The molecule has 2 aromatic carbocycles. The summed E-state index contributed by atoms with van der Waals surface area (Å²) in [6.45, 7) is 0.756. The molecule has 0 aliphatic carbocycles. The number of carbonyl (C=O) groups is 1. The van der Waals surface area contributed by atoms with Gasteiger partial charge in [0.1, 0.15) is 0 Å². The van der Waals surface area contributed by atoms with Crippen LogP contribution in [0.3, 0.4) is 0 Å². The monoisotopic (exact) mass is 320 g/mol. The number of benzene rings is 2. The van der Waals surface area contributed by atoms with Gasteiger partial charge in [-0.05, 0) is 49.2 Å². The van der Waals surface area contributed by atoms with Crippen molar-refractivity contribution in [3.05, 3.63) is 58.6 Å². The Hall–Kier alpha value is -1.49. The van der Waals surface area contributed by atoms with Crippen molar-refractivity contribution in [2.75, 3.05) is 18.6 Å². The maximum atomic E-state index is 12.4. The standard InChI is InChI=1S/C16H17ClN2OS/c1-18-10-11-4-3-5-12(8-11)19-16(20)14-9-13(21-2)6-7-15(14)17/h3-9,18H,10H2,1-2H3,(H,19,20). The predicted molar refractivity (Wildman–Crippen MR) is 90.4 cm³/mol. The molecule has 0 atom stereocenters. The molecule has 3 nitrogen and oxygen atoms in total. The zero-order valence-electron chi connectivity index (χ0n) is 11.9. The molecule has 21 heavy (non-hydrogen) atoms. The lowest BCUT2D eigenvalue weighted by molar-refractivity contribution is 0.102. The minimum atomic E-state index is -0.197. The molecule has 2 rings (SSSR count). The second-order valence-electron chi connectivity index (χ2n) is 4.53. The molecule has 0 aliphatic heterocycles. The first kappa shape index (κ1) is 15.9. The van der Waals surface area contributed by atoms with E-state index in [0.29, 0.717) is 10.6 Å². The molecule has 2 aromatic rings. The van der Waals surface area contributed by atoms with E-state index in [2.05, 4.69) is 10.6 Å². The highest BCUT2D eigenvalue weighted by atomic mass is 35.5. The van der Waals surface area contributed by atoms with E-state index >= 15 is 0 Å². The van der Waals surface area contributed by atoms with E-state index in [-0.39, 0.29) is 5.91 Å². The van der Waals surface area contributed by atoms with Gasteiger partial charge in [0.25, 0.3) is 5.91 Å². The van der Waals surface area contributed by atoms with Crippen LogP contribution >= 0.6 is 23.4 Å². The number of rotatable bonds is 5. The Labute approximate surface area is 134 Å². The summed E-state index contributed by atoms with van der Waals surface area (Å²) in [6, 6.07) is 13.2. The SMILES string of the molecule is CNCc1cccc(NC(=O)c2cc(SC)ccc2Cl)c1. The van der Waals surface area contributed by atoms with Gasteiger partial charge in [-0.25, -0.2) is 0 Å². The Balaban J connectivity index is 2.19. The lowest BCUT2D eigenvalue weighted by Gasteiger charge is -2.09. The molecule has 0 unspecified atom stereocenters. The molecule has 110 valence electrons. The predicted octanol–water partition coefficient (Wildman–Crippen LogP) is 4.03. The number of halogens is 1. The Morgan fingerprint density at radius 1 is 1.24 bits per heavy atom. The number of amides is 1. The normalized spacial score (nSPS) is 10.4. The summed E-state index contributed by atoms with van der Waals surface area (Å²) in [6.07, 6.45) is 1.96. The quantitative estimate of drug-likeness (QED) is 0.817. The molecule has 5 heteroatoms. The number of nitrogens with one attached hydrogen (secondary N) is 2. The van der Waals surface area contributed by atoms with Crippen LogP contribution in [-0.2, 0) is 6.54 Å². The summed E-state index contributed by atoms with van der Waals surface area (Å²) < 4.78 is 0. The van der Waals surface area contributed by atoms with E-state index in [1.54, 1.807) is 23.9 Å². The van der Waals surface area contributed by atoms with Crippen molar-refractivity contribution in [1.82, 2.24) is 5.32 Å². The van der Waals surface area contributed by atoms with E-state index in [4.69, 9.17) is 11.6 Å². The van der Waals surface area contributed by atoms with E-state index in [1.807, 2.05) is 43.6 Å². The first-order chi connectivity index (χ1) is 10.1. The van der Waals surface area contributed by atoms with E-state index in [9.17, 15) is 4.79 Å². The van der Waals surface area contributed by atoms with Gasteiger partial charge in [0.15, 0.2) is 0 Å². The Bertz CT molecular complexity index is 646. The average molecular weight is 321 g/mol. The lowest BCUT2D eigenvalue weighted by atomic mass is 10.1. The van der Waals surface area contributed by atoms with Gasteiger partial charge in [-0.15, -0.1) is 11.8 Å². The number of carbonyl (C=O) groups excluding carboxylic acids is 1. The van der Waals surface area contributed by atoms with Crippen molar-refractivity contribution in [3.63, 3.8) is 0 Å². The molecule has 0 aromatic heterocycles. The molecule has 0 saturated heterocycles. The third-order valence-corrected chi connectivity index (χ3v) is 4.04. The van der Waals surface area contributed by atoms with E-state index < -0.39 is 0 Å². The summed E-state index contributed by atoms with van der Waals surface area (Å²) in [5, 5.41) is 6.43. The van der Waals surface area contributed by atoms with Gasteiger partial charge in [-0.2, -0.15) is 0 Å². The maximum Gasteiger partial charge on any atom is 0.257 e. The Morgan fingerprint density at radius 2 is 2.05 bits per heavy atom. The molecule has 0 bridgehead atoms. The van der Waals surface area contributed by atoms with Crippen LogP contribution in [0.25, 0.3) is 0 Å². The second-order valence-corrected chi connectivity index (χ2v) is 5.82. The van der Waals surface area contributed by atoms with Crippen molar-refractivity contribution in [1.29, 1.82) is 0 Å². The second kappa shape index (κ2) is 7.50. The van der Waals surface area contributed by atoms with Gasteiger partial charge in [0, 0.05) is 17.1 Å². The third kappa shape index (κ3) is 4.24. The Kier molecular flexibility index (Phi) is 5.67. The van der Waals surface area contributed by atoms with Crippen LogP contribution in [-0.4, -0.2) is 19.2 Å². The van der Waals surface area contributed by atoms with Crippen molar-refractivity contribution >= 4 is 35.0 Å². The molecular formula is C16H17ClN2OS. The van der Waals surface area contributed by atoms with Gasteiger partial charge < -0.3 is 10.6 Å². The molecule has 0 radical (unpaired) electrons. The van der Waals surface area contributed by atoms with Crippen LogP contribution in [0, 0.1) is 0 Å². The summed E-state index contributed by atoms with van der Waals surface area (Å²) >= 11 is 7.69. The minimum Gasteiger partial charge on any atom is -0.322 e. The Morgan fingerprint density at radius 3 is 2.76 bits per heavy atom. The first-order valence-electron chi connectivity index (χ1n) is 6.52. The zero-order chi connectivity index (χ0) is 15.2. The van der Waals surface area contributed by atoms with Crippen molar-refractivity contribution < 1.29 is 4.79 Å². The molecule has 0 aliphatic rings. The smallest absolute Gasteiger partial charge is 0.257 e. The van der Waals surface area contributed by atoms with Crippen LogP contribution in [0.4, 0.5) is 5.69 Å². The molecule has 0 spiro atoms. The number of hydrogen-bond acceptors (Lipinski definition) is 3. The summed E-state index contributed by atoms with van der Waals surface area (Å²) in [5.74, 6) is -0.197. The topological polar surface area (TPSA) is 41.1 Å². The molecule has 2 N–H and O–H groups in total. The minimum absolute atomic E-state index is 0.197. The summed E-state index contributed by atoms with van der Waals surface area (Å²) in [7, 11) is 1.89. The molecule has 0 saturated carbocycles. The largest absolute Gasteiger partial charge is 0.322 e. The van der Waals surface area contributed by atoms with Gasteiger partial charge in [-0.3, -0.25) is 4.79 Å². The fourth-order valence-electron chi connectivity index (χ4n) is 1.97. The fraction of sp³-hybridized carbons (Fsp3) is 0.188.